The largest absolute Gasteiger partial charge is 0.380 e. The number of piperidine rings is 1. The van der Waals surface area contributed by atoms with Crippen molar-refractivity contribution in [3.8, 4) is 0 Å². The average Bonchev–Trinajstić information content (AvgIpc) is 2.42. The van der Waals surface area contributed by atoms with Crippen molar-refractivity contribution in [2.45, 2.75) is 32.8 Å². The fourth-order valence-corrected chi connectivity index (χ4v) is 2.02. The van der Waals surface area contributed by atoms with E-state index in [1.807, 2.05) is 13.8 Å². The minimum atomic E-state index is 0.0655. The van der Waals surface area contributed by atoms with E-state index >= 15 is 0 Å². The predicted molar refractivity (Wildman–Crippen MR) is 70.6 cm³/mol. The van der Waals surface area contributed by atoms with E-state index in [-0.39, 0.29) is 18.6 Å². The number of rotatable bonds is 8. The molecule has 5 nitrogen and oxygen atoms in total. The lowest BCUT2D eigenvalue weighted by molar-refractivity contribution is -0.139. The Morgan fingerprint density at radius 1 is 1.33 bits per heavy atom. The van der Waals surface area contributed by atoms with Gasteiger partial charge >= 0.3 is 0 Å². The summed E-state index contributed by atoms with van der Waals surface area (Å²) in [7, 11) is 0. The van der Waals surface area contributed by atoms with Crippen molar-refractivity contribution in [3.63, 3.8) is 0 Å². The van der Waals surface area contributed by atoms with E-state index in [2.05, 4.69) is 5.32 Å². The van der Waals surface area contributed by atoms with Gasteiger partial charge in [-0.05, 0) is 39.8 Å². The second-order valence-corrected chi connectivity index (χ2v) is 4.43. The number of nitrogens with zero attached hydrogens (tertiary/aromatic N) is 1. The van der Waals surface area contributed by atoms with Crippen LogP contribution in [0.5, 0.6) is 0 Å². The summed E-state index contributed by atoms with van der Waals surface area (Å²) in [6.45, 7) is 8.76. The molecule has 18 heavy (non-hydrogen) atoms. The van der Waals surface area contributed by atoms with E-state index in [0.717, 1.165) is 25.9 Å². The van der Waals surface area contributed by atoms with Crippen LogP contribution in [0.3, 0.4) is 0 Å². The molecule has 1 aliphatic heterocycles. The molecule has 5 heteroatoms. The van der Waals surface area contributed by atoms with Gasteiger partial charge in [-0.3, -0.25) is 4.79 Å². The first-order valence-electron chi connectivity index (χ1n) is 6.95. The van der Waals surface area contributed by atoms with Crippen LogP contribution in [0.25, 0.3) is 0 Å². The van der Waals surface area contributed by atoms with Crippen LogP contribution < -0.4 is 5.32 Å². The van der Waals surface area contributed by atoms with E-state index in [9.17, 15) is 4.79 Å². The van der Waals surface area contributed by atoms with Gasteiger partial charge in [0.15, 0.2) is 0 Å². The number of likely N-dealkylation sites (N-methyl/N-ethyl adjacent to an activating group) is 1. The number of hydrogen-bond acceptors (Lipinski definition) is 4. The van der Waals surface area contributed by atoms with Crippen LogP contribution in [0.15, 0.2) is 0 Å². The predicted octanol–water partition coefficient (Wildman–Crippen LogP) is 0.640. The van der Waals surface area contributed by atoms with Gasteiger partial charge in [-0.2, -0.15) is 0 Å². The van der Waals surface area contributed by atoms with Crippen molar-refractivity contribution in [1.82, 2.24) is 10.2 Å². The van der Waals surface area contributed by atoms with Crippen LogP contribution in [-0.2, 0) is 14.3 Å². The quantitative estimate of drug-likeness (QED) is 0.649. The molecule has 0 spiro atoms. The third-order valence-electron chi connectivity index (χ3n) is 3.17. The number of carbonyl (C=O) groups is 1. The van der Waals surface area contributed by atoms with Crippen molar-refractivity contribution in [2.75, 3.05) is 46.0 Å². The number of amides is 1. The molecule has 1 rings (SSSR count). The Labute approximate surface area is 110 Å². The van der Waals surface area contributed by atoms with Gasteiger partial charge in [-0.15, -0.1) is 0 Å². The molecule has 0 radical (unpaired) electrons. The molecule has 106 valence electrons. The van der Waals surface area contributed by atoms with Crippen LogP contribution in [0.1, 0.15) is 26.7 Å². The molecular weight excluding hydrogens is 232 g/mol. The summed E-state index contributed by atoms with van der Waals surface area (Å²) in [6, 6.07) is 0. The van der Waals surface area contributed by atoms with Gasteiger partial charge in [-0.25, -0.2) is 0 Å². The Kier molecular flexibility index (Phi) is 7.96. The van der Waals surface area contributed by atoms with Crippen molar-refractivity contribution in [3.05, 3.63) is 0 Å². The molecule has 0 unspecified atom stereocenters. The van der Waals surface area contributed by atoms with Crippen molar-refractivity contribution in [1.29, 1.82) is 0 Å². The van der Waals surface area contributed by atoms with E-state index in [0.29, 0.717) is 26.3 Å². The van der Waals surface area contributed by atoms with Gasteiger partial charge in [0.25, 0.3) is 0 Å². The molecule has 1 amide bonds. The summed E-state index contributed by atoms with van der Waals surface area (Å²) in [5.74, 6) is 0.0655. The van der Waals surface area contributed by atoms with Crippen LogP contribution in [0.4, 0.5) is 0 Å². The Morgan fingerprint density at radius 3 is 2.67 bits per heavy atom. The van der Waals surface area contributed by atoms with Gasteiger partial charge in [0, 0.05) is 19.7 Å². The molecule has 0 bridgehead atoms. The molecule has 0 saturated carbocycles. The highest BCUT2D eigenvalue weighted by Gasteiger charge is 2.17. The molecule has 0 aromatic carbocycles. The monoisotopic (exact) mass is 258 g/mol. The summed E-state index contributed by atoms with van der Waals surface area (Å²) in [5, 5.41) is 3.28. The highest BCUT2D eigenvalue weighted by molar-refractivity contribution is 5.77. The lowest BCUT2D eigenvalue weighted by Gasteiger charge is -2.25. The van der Waals surface area contributed by atoms with E-state index in [1.165, 1.54) is 0 Å². The summed E-state index contributed by atoms with van der Waals surface area (Å²) in [6.07, 6.45) is 2.23. The summed E-state index contributed by atoms with van der Waals surface area (Å²) in [4.78, 5) is 13.7. The molecule has 0 atom stereocenters. The third kappa shape index (κ3) is 5.80. The van der Waals surface area contributed by atoms with Gasteiger partial charge < -0.3 is 19.7 Å². The second kappa shape index (κ2) is 9.30. The lowest BCUT2D eigenvalue weighted by atomic mass is 10.1. The van der Waals surface area contributed by atoms with E-state index in [4.69, 9.17) is 9.47 Å². The summed E-state index contributed by atoms with van der Waals surface area (Å²) < 4.78 is 10.9. The molecule has 1 heterocycles. The van der Waals surface area contributed by atoms with Crippen LogP contribution in [0.2, 0.25) is 0 Å². The maximum absolute atomic E-state index is 11.9. The molecule has 1 N–H and O–H groups in total. The average molecular weight is 258 g/mol. The Bertz CT molecular complexity index is 230. The van der Waals surface area contributed by atoms with Gasteiger partial charge in [0.05, 0.1) is 12.7 Å². The standard InChI is InChI=1S/C13H26N2O3/c1-3-15(9-10-17-4-2)13(16)11-18-12-5-7-14-8-6-12/h12,14H,3-11H2,1-2H3. The highest BCUT2D eigenvalue weighted by atomic mass is 16.5. The molecule has 1 saturated heterocycles. The first-order valence-corrected chi connectivity index (χ1v) is 6.95. The highest BCUT2D eigenvalue weighted by Crippen LogP contribution is 2.07. The minimum Gasteiger partial charge on any atom is -0.380 e. The van der Waals surface area contributed by atoms with Crippen molar-refractivity contribution >= 4 is 5.91 Å². The SMILES string of the molecule is CCOCCN(CC)C(=O)COC1CCNCC1. The number of hydrogen-bond donors (Lipinski definition) is 1. The molecule has 0 aromatic heterocycles. The number of nitrogens with one attached hydrogen (secondary N) is 1. The lowest BCUT2D eigenvalue weighted by Crippen LogP contribution is -2.39. The first-order chi connectivity index (χ1) is 8.77. The maximum atomic E-state index is 11.9. The Hall–Kier alpha value is -0.650. The zero-order valence-electron chi connectivity index (χ0n) is 11.6. The molecule has 1 fully saturated rings. The maximum Gasteiger partial charge on any atom is 0.248 e. The zero-order valence-corrected chi connectivity index (χ0v) is 11.6. The summed E-state index contributed by atoms with van der Waals surface area (Å²) in [5.41, 5.74) is 0. The topological polar surface area (TPSA) is 50.8 Å². The first kappa shape index (κ1) is 15.4. The van der Waals surface area contributed by atoms with Crippen LogP contribution in [0, 0.1) is 0 Å². The van der Waals surface area contributed by atoms with Crippen molar-refractivity contribution < 1.29 is 14.3 Å². The second-order valence-electron chi connectivity index (χ2n) is 4.43. The minimum absolute atomic E-state index is 0.0655. The Balaban J connectivity index is 2.19. The molecule has 1 aliphatic rings. The fraction of sp³-hybridized carbons (Fsp3) is 0.923. The molecule has 0 aromatic rings. The molecule has 0 aliphatic carbocycles. The van der Waals surface area contributed by atoms with Gasteiger partial charge in [-0.1, -0.05) is 0 Å². The third-order valence-corrected chi connectivity index (χ3v) is 3.17. The van der Waals surface area contributed by atoms with E-state index < -0.39 is 0 Å². The van der Waals surface area contributed by atoms with Crippen LogP contribution >= 0.6 is 0 Å². The summed E-state index contributed by atoms with van der Waals surface area (Å²) >= 11 is 0. The molecular formula is C13H26N2O3. The fourth-order valence-electron chi connectivity index (χ4n) is 2.02. The smallest absolute Gasteiger partial charge is 0.248 e. The van der Waals surface area contributed by atoms with E-state index in [1.54, 1.807) is 4.90 Å². The number of ether oxygens (including phenoxy) is 2. The van der Waals surface area contributed by atoms with Crippen LogP contribution in [-0.4, -0.2) is 62.9 Å². The van der Waals surface area contributed by atoms with Gasteiger partial charge in [0.1, 0.15) is 6.61 Å². The zero-order chi connectivity index (χ0) is 13.2. The van der Waals surface area contributed by atoms with Crippen molar-refractivity contribution in [2.24, 2.45) is 0 Å². The Morgan fingerprint density at radius 2 is 2.06 bits per heavy atom. The van der Waals surface area contributed by atoms with Gasteiger partial charge in [0.2, 0.25) is 5.91 Å². The number of carbonyl (C=O) groups excluding carboxylic acids is 1. The normalized spacial score (nSPS) is 16.8.